The predicted molar refractivity (Wildman–Crippen MR) is 116 cm³/mol. The van der Waals surface area contributed by atoms with E-state index in [2.05, 4.69) is 15.5 Å². The highest BCUT2D eigenvalue weighted by Crippen LogP contribution is 2.39. The molecule has 31 heavy (non-hydrogen) atoms. The van der Waals surface area contributed by atoms with Crippen molar-refractivity contribution in [1.29, 1.82) is 0 Å². The SMILES string of the molecule is COc1cc(OC)c(N[C@@H](c2ccc(F)cc2)c2nnc(-c3ccccc3)o2)cc1Cl. The standard InChI is InChI=1S/C23H19ClFN3O3/c1-29-19-13-20(30-2)18(12-17(19)24)26-21(14-8-10-16(25)11-9-14)23-28-27-22(31-23)15-6-4-3-5-7-15/h3-13,21,26H,1-2H3/t21-/m0/s1. The monoisotopic (exact) mass is 439 g/mol. The van der Waals surface area contributed by atoms with Crippen LogP contribution < -0.4 is 14.8 Å². The Kier molecular flexibility index (Phi) is 6.04. The fourth-order valence-corrected chi connectivity index (χ4v) is 3.36. The Bertz CT molecular complexity index is 1170. The summed E-state index contributed by atoms with van der Waals surface area (Å²) in [5, 5.41) is 12.1. The van der Waals surface area contributed by atoms with Gasteiger partial charge in [0.25, 0.3) is 0 Å². The van der Waals surface area contributed by atoms with Crippen LogP contribution >= 0.6 is 11.6 Å². The van der Waals surface area contributed by atoms with Gasteiger partial charge >= 0.3 is 0 Å². The zero-order valence-corrected chi connectivity index (χ0v) is 17.6. The Morgan fingerprint density at radius 3 is 2.32 bits per heavy atom. The van der Waals surface area contributed by atoms with Gasteiger partial charge in [0.1, 0.15) is 23.4 Å². The molecule has 0 bridgehead atoms. The van der Waals surface area contributed by atoms with E-state index in [0.717, 1.165) is 11.1 Å². The van der Waals surface area contributed by atoms with Crippen molar-refractivity contribution >= 4 is 17.3 Å². The molecule has 3 aromatic carbocycles. The second kappa shape index (κ2) is 9.06. The van der Waals surface area contributed by atoms with Gasteiger partial charge in [-0.1, -0.05) is 41.9 Å². The topological polar surface area (TPSA) is 69.4 Å². The van der Waals surface area contributed by atoms with Crippen LogP contribution in [0.15, 0.2) is 71.1 Å². The van der Waals surface area contributed by atoms with Crippen LogP contribution in [0, 0.1) is 5.82 Å². The molecule has 0 aliphatic carbocycles. The summed E-state index contributed by atoms with van der Waals surface area (Å²) in [6.45, 7) is 0. The number of methoxy groups -OCH3 is 2. The fraction of sp³-hybridized carbons (Fsp3) is 0.130. The van der Waals surface area contributed by atoms with Crippen molar-refractivity contribution in [2.45, 2.75) is 6.04 Å². The molecular formula is C23H19ClFN3O3. The van der Waals surface area contributed by atoms with E-state index in [4.69, 9.17) is 25.5 Å². The fourth-order valence-electron chi connectivity index (χ4n) is 3.12. The number of nitrogens with one attached hydrogen (secondary N) is 1. The van der Waals surface area contributed by atoms with Crippen LogP contribution in [0.1, 0.15) is 17.5 Å². The third kappa shape index (κ3) is 4.46. The highest BCUT2D eigenvalue weighted by Gasteiger charge is 2.24. The number of nitrogens with zero attached hydrogens (tertiary/aromatic N) is 2. The van der Waals surface area contributed by atoms with Gasteiger partial charge in [-0.3, -0.25) is 0 Å². The average Bonchev–Trinajstić information content (AvgIpc) is 3.29. The van der Waals surface area contributed by atoms with Gasteiger partial charge in [0.05, 0.1) is 24.9 Å². The minimum atomic E-state index is -0.580. The largest absolute Gasteiger partial charge is 0.495 e. The molecule has 8 heteroatoms. The molecule has 0 radical (unpaired) electrons. The smallest absolute Gasteiger partial charge is 0.247 e. The third-order valence-electron chi connectivity index (χ3n) is 4.69. The number of ether oxygens (including phenoxy) is 2. The molecule has 4 rings (SSSR count). The van der Waals surface area contributed by atoms with E-state index in [1.54, 1.807) is 31.4 Å². The van der Waals surface area contributed by atoms with E-state index in [9.17, 15) is 4.39 Å². The molecule has 0 aliphatic heterocycles. The number of benzene rings is 3. The molecule has 1 N–H and O–H groups in total. The molecule has 1 heterocycles. The van der Waals surface area contributed by atoms with E-state index in [1.807, 2.05) is 30.3 Å². The number of halogens is 2. The van der Waals surface area contributed by atoms with Crippen LogP contribution in [0.25, 0.3) is 11.5 Å². The molecule has 0 aliphatic rings. The van der Waals surface area contributed by atoms with Crippen molar-refractivity contribution in [2.75, 3.05) is 19.5 Å². The van der Waals surface area contributed by atoms with Crippen LogP contribution in [0.3, 0.4) is 0 Å². The zero-order chi connectivity index (χ0) is 21.8. The van der Waals surface area contributed by atoms with Crippen LogP contribution in [0.4, 0.5) is 10.1 Å². The first-order valence-electron chi connectivity index (χ1n) is 9.41. The molecule has 0 saturated carbocycles. The molecule has 6 nitrogen and oxygen atoms in total. The first kappa shape index (κ1) is 20.7. The Hall–Kier alpha value is -3.58. The normalized spacial score (nSPS) is 11.7. The zero-order valence-electron chi connectivity index (χ0n) is 16.8. The second-order valence-electron chi connectivity index (χ2n) is 6.63. The Balaban J connectivity index is 1.75. The maximum absolute atomic E-state index is 13.5. The summed E-state index contributed by atoms with van der Waals surface area (Å²) in [7, 11) is 3.07. The number of aromatic nitrogens is 2. The third-order valence-corrected chi connectivity index (χ3v) is 4.98. The molecule has 0 fully saturated rings. The first-order chi connectivity index (χ1) is 15.1. The number of hydrogen-bond acceptors (Lipinski definition) is 6. The molecule has 1 aromatic heterocycles. The van der Waals surface area contributed by atoms with Crippen molar-refractivity contribution in [3.8, 4) is 23.0 Å². The van der Waals surface area contributed by atoms with Gasteiger partial charge in [0, 0.05) is 11.6 Å². The van der Waals surface area contributed by atoms with E-state index in [1.165, 1.54) is 19.2 Å². The van der Waals surface area contributed by atoms with Crippen molar-refractivity contribution in [2.24, 2.45) is 0 Å². The average molecular weight is 440 g/mol. The second-order valence-corrected chi connectivity index (χ2v) is 7.03. The van der Waals surface area contributed by atoms with Crippen LogP contribution in [-0.2, 0) is 0 Å². The van der Waals surface area contributed by atoms with Crippen molar-refractivity contribution < 1.29 is 18.3 Å². The minimum Gasteiger partial charge on any atom is -0.495 e. The molecule has 0 saturated heterocycles. The maximum atomic E-state index is 13.5. The van der Waals surface area contributed by atoms with Crippen molar-refractivity contribution in [3.05, 3.63) is 89.0 Å². The summed E-state index contributed by atoms with van der Waals surface area (Å²) in [6, 6.07) is 18.3. The number of rotatable bonds is 7. The van der Waals surface area contributed by atoms with Gasteiger partial charge in [-0.15, -0.1) is 10.2 Å². The van der Waals surface area contributed by atoms with Crippen molar-refractivity contribution in [3.63, 3.8) is 0 Å². The summed E-state index contributed by atoms with van der Waals surface area (Å²) in [4.78, 5) is 0. The lowest BCUT2D eigenvalue weighted by molar-refractivity contribution is 0.395. The summed E-state index contributed by atoms with van der Waals surface area (Å²) < 4.78 is 30.2. The number of anilines is 1. The van der Waals surface area contributed by atoms with E-state index in [-0.39, 0.29) is 5.82 Å². The molecule has 158 valence electrons. The predicted octanol–water partition coefficient (Wildman–Crippen LogP) is 5.75. The Morgan fingerprint density at radius 2 is 1.65 bits per heavy atom. The summed E-state index contributed by atoms with van der Waals surface area (Å²) >= 11 is 6.32. The molecule has 1 atom stereocenters. The highest BCUT2D eigenvalue weighted by atomic mass is 35.5. The lowest BCUT2D eigenvalue weighted by Crippen LogP contribution is -2.14. The van der Waals surface area contributed by atoms with E-state index >= 15 is 0 Å². The quantitative estimate of drug-likeness (QED) is 0.395. The molecule has 0 spiro atoms. The van der Waals surface area contributed by atoms with Gasteiger partial charge in [-0.05, 0) is 35.9 Å². The maximum Gasteiger partial charge on any atom is 0.247 e. The molecule has 0 unspecified atom stereocenters. The lowest BCUT2D eigenvalue weighted by atomic mass is 10.1. The van der Waals surface area contributed by atoms with Crippen LogP contribution in [0.2, 0.25) is 5.02 Å². The summed E-state index contributed by atoms with van der Waals surface area (Å²) in [6.07, 6.45) is 0. The molecule has 4 aromatic rings. The van der Waals surface area contributed by atoms with Crippen LogP contribution in [0.5, 0.6) is 11.5 Å². The summed E-state index contributed by atoms with van der Waals surface area (Å²) in [5.74, 6) is 1.33. The Labute approximate surface area is 183 Å². The summed E-state index contributed by atoms with van der Waals surface area (Å²) in [5.41, 5.74) is 2.10. The van der Waals surface area contributed by atoms with Gasteiger partial charge in [-0.25, -0.2) is 4.39 Å². The molecular weight excluding hydrogens is 421 g/mol. The van der Waals surface area contributed by atoms with E-state index < -0.39 is 6.04 Å². The lowest BCUT2D eigenvalue weighted by Gasteiger charge is -2.20. The van der Waals surface area contributed by atoms with Gasteiger partial charge in [0.15, 0.2) is 0 Å². The minimum absolute atomic E-state index is 0.305. The first-order valence-corrected chi connectivity index (χ1v) is 9.79. The molecule has 0 amide bonds. The van der Waals surface area contributed by atoms with Crippen molar-refractivity contribution in [1.82, 2.24) is 10.2 Å². The van der Waals surface area contributed by atoms with E-state index in [0.29, 0.717) is 34.0 Å². The van der Waals surface area contributed by atoms with Gasteiger partial charge < -0.3 is 19.2 Å². The Morgan fingerprint density at radius 1 is 0.935 bits per heavy atom. The van der Waals surface area contributed by atoms with Crippen LogP contribution in [-0.4, -0.2) is 24.4 Å². The van der Waals surface area contributed by atoms with Gasteiger partial charge in [0.2, 0.25) is 11.8 Å². The van der Waals surface area contributed by atoms with Gasteiger partial charge in [-0.2, -0.15) is 0 Å². The number of hydrogen-bond donors (Lipinski definition) is 1. The highest BCUT2D eigenvalue weighted by molar-refractivity contribution is 6.32.